The second-order valence-electron chi connectivity index (χ2n) is 6.88. The van der Waals surface area contributed by atoms with Crippen molar-refractivity contribution in [3.63, 3.8) is 0 Å². The Labute approximate surface area is 144 Å². The standard InChI is InChI=1S/C17H30N4O3/c1-3-23-13(2)17-18-16(24-19-17)12-20-8-10-21(11-9-20)14-6-4-5-7-15(14)22/h13-15,22H,3-12H2,1-2H3. The summed E-state index contributed by atoms with van der Waals surface area (Å²) in [5, 5.41) is 14.2. The normalized spacial score (nSPS) is 28.1. The molecule has 24 heavy (non-hydrogen) atoms. The summed E-state index contributed by atoms with van der Waals surface area (Å²) < 4.78 is 10.9. The SMILES string of the molecule is CCOC(C)c1noc(CN2CCN(C3CCCCC3O)CC2)n1. The smallest absolute Gasteiger partial charge is 0.240 e. The van der Waals surface area contributed by atoms with Gasteiger partial charge in [-0.1, -0.05) is 18.0 Å². The molecule has 2 heterocycles. The van der Waals surface area contributed by atoms with Crippen LogP contribution in [0.5, 0.6) is 0 Å². The molecule has 2 aliphatic rings. The minimum Gasteiger partial charge on any atom is -0.391 e. The fourth-order valence-corrected chi connectivity index (χ4v) is 3.78. The maximum Gasteiger partial charge on any atom is 0.240 e. The van der Waals surface area contributed by atoms with Crippen LogP contribution in [-0.4, -0.2) is 70.0 Å². The molecule has 0 aromatic carbocycles. The topological polar surface area (TPSA) is 74.9 Å². The first kappa shape index (κ1) is 17.8. The first-order valence-corrected chi connectivity index (χ1v) is 9.26. The molecule has 2 fully saturated rings. The highest BCUT2D eigenvalue weighted by Crippen LogP contribution is 2.24. The summed E-state index contributed by atoms with van der Waals surface area (Å²) in [6.07, 6.45) is 4.21. The van der Waals surface area contributed by atoms with Crippen LogP contribution in [-0.2, 0) is 11.3 Å². The van der Waals surface area contributed by atoms with Crippen LogP contribution in [0.1, 0.15) is 57.3 Å². The summed E-state index contributed by atoms with van der Waals surface area (Å²) >= 11 is 0. The lowest BCUT2D eigenvalue weighted by molar-refractivity contribution is -0.00604. The molecule has 1 saturated heterocycles. The van der Waals surface area contributed by atoms with E-state index in [4.69, 9.17) is 9.26 Å². The van der Waals surface area contributed by atoms with Crippen molar-refractivity contribution in [1.29, 1.82) is 0 Å². The number of aromatic nitrogens is 2. The Hall–Kier alpha value is -1.02. The Balaban J connectivity index is 1.47. The van der Waals surface area contributed by atoms with Gasteiger partial charge in [0, 0.05) is 38.8 Å². The number of rotatable bonds is 6. The average molecular weight is 338 g/mol. The zero-order valence-electron chi connectivity index (χ0n) is 14.9. The Morgan fingerprint density at radius 1 is 1.25 bits per heavy atom. The molecule has 1 N–H and O–H groups in total. The van der Waals surface area contributed by atoms with Gasteiger partial charge in [-0.25, -0.2) is 0 Å². The fraction of sp³-hybridized carbons (Fsp3) is 0.882. The van der Waals surface area contributed by atoms with Gasteiger partial charge < -0.3 is 14.4 Å². The highest BCUT2D eigenvalue weighted by atomic mass is 16.5. The number of ether oxygens (including phenoxy) is 1. The maximum absolute atomic E-state index is 10.2. The van der Waals surface area contributed by atoms with E-state index in [0.29, 0.717) is 30.9 Å². The molecular weight excluding hydrogens is 308 g/mol. The third-order valence-electron chi connectivity index (χ3n) is 5.19. The van der Waals surface area contributed by atoms with Gasteiger partial charge >= 0.3 is 0 Å². The van der Waals surface area contributed by atoms with E-state index in [1.165, 1.54) is 6.42 Å². The largest absolute Gasteiger partial charge is 0.391 e. The van der Waals surface area contributed by atoms with E-state index in [1.54, 1.807) is 0 Å². The lowest BCUT2D eigenvalue weighted by Gasteiger charge is -2.42. The molecule has 1 saturated carbocycles. The Morgan fingerprint density at radius 3 is 2.71 bits per heavy atom. The van der Waals surface area contributed by atoms with E-state index in [0.717, 1.165) is 45.4 Å². The van der Waals surface area contributed by atoms with Gasteiger partial charge in [0.1, 0.15) is 6.10 Å². The third-order valence-corrected chi connectivity index (χ3v) is 5.19. The fourth-order valence-electron chi connectivity index (χ4n) is 3.78. The molecule has 0 spiro atoms. The molecule has 1 aromatic heterocycles. The summed E-state index contributed by atoms with van der Waals surface area (Å²) in [4.78, 5) is 9.24. The molecule has 0 bridgehead atoms. The number of hydrogen-bond acceptors (Lipinski definition) is 7. The van der Waals surface area contributed by atoms with Crippen LogP contribution in [0.15, 0.2) is 4.52 Å². The van der Waals surface area contributed by atoms with Crippen LogP contribution in [0.25, 0.3) is 0 Å². The van der Waals surface area contributed by atoms with Gasteiger partial charge in [-0.15, -0.1) is 0 Å². The molecule has 0 amide bonds. The summed E-state index contributed by atoms with van der Waals surface area (Å²) in [5.41, 5.74) is 0. The zero-order valence-corrected chi connectivity index (χ0v) is 14.9. The van der Waals surface area contributed by atoms with E-state index < -0.39 is 0 Å². The zero-order chi connectivity index (χ0) is 16.9. The van der Waals surface area contributed by atoms with Crippen LogP contribution < -0.4 is 0 Å². The third kappa shape index (κ3) is 4.33. The van der Waals surface area contributed by atoms with Crippen molar-refractivity contribution in [2.45, 2.75) is 64.3 Å². The van der Waals surface area contributed by atoms with Gasteiger partial charge in [0.05, 0.1) is 12.6 Å². The number of aliphatic hydroxyl groups is 1. The summed E-state index contributed by atoms with van der Waals surface area (Å²) in [6, 6.07) is 0.350. The van der Waals surface area contributed by atoms with Gasteiger partial charge in [0.2, 0.25) is 5.89 Å². The molecule has 3 atom stereocenters. The van der Waals surface area contributed by atoms with E-state index in [1.807, 2.05) is 13.8 Å². The van der Waals surface area contributed by atoms with Gasteiger partial charge in [0.15, 0.2) is 5.82 Å². The summed E-state index contributed by atoms with van der Waals surface area (Å²) in [7, 11) is 0. The van der Waals surface area contributed by atoms with Crippen LogP contribution >= 0.6 is 0 Å². The van der Waals surface area contributed by atoms with E-state index in [2.05, 4.69) is 19.9 Å². The van der Waals surface area contributed by atoms with E-state index in [-0.39, 0.29) is 12.2 Å². The molecule has 7 heteroatoms. The second kappa shape index (κ2) is 8.38. The lowest BCUT2D eigenvalue weighted by Crippen LogP contribution is -2.54. The maximum atomic E-state index is 10.2. The molecule has 1 aromatic rings. The molecule has 136 valence electrons. The van der Waals surface area contributed by atoms with Crippen molar-refractivity contribution >= 4 is 0 Å². The van der Waals surface area contributed by atoms with Crippen molar-refractivity contribution in [1.82, 2.24) is 19.9 Å². The van der Waals surface area contributed by atoms with Gasteiger partial charge in [-0.3, -0.25) is 9.80 Å². The number of aliphatic hydroxyl groups excluding tert-OH is 1. The van der Waals surface area contributed by atoms with Gasteiger partial charge in [-0.2, -0.15) is 4.98 Å². The number of piperazine rings is 1. The van der Waals surface area contributed by atoms with E-state index in [9.17, 15) is 5.11 Å². The van der Waals surface area contributed by atoms with Gasteiger partial charge in [0.25, 0.3) is 0 Å². The molecule has 3 unspecified atom stereocenters. The molecule has 1 aliphatic carbocycles. The van der Waals surface area contributed by atoms with Crippen molar-refractivity contribution < 1.29 is 14.4 Å². The quantitative estimate of drug-likeness (QED) is 0.844. The summed E-state index contributed by atoms with van der Waals surface area (Å²) in [6.45, 7) is 9.17. The van der Waals surface area contributed by atoms with Crippen LogP contribution in [0, 0.1) is 0 Å². The first-order chi connectivity index (χ1) is 11.7. The van der Waals surface area contributed by atoms with Crippen molar-refractivity contribution in [3.05, 3.63) is 11.7 Å². The molecule has 1 aliphatic heterocycles. The first-order valence-electron chi connectivity index (χ1n) is 9.26. The molecule has 3 rings (SSSR count). The number of nitrogens with zero attached hydrogens (tertiary/aromatic N) is 4. The summed E-state index contributed by atoms with van der Waals surface area (Å²) in [5.74, 6) is 1.28. The van der Waals surface area contributed by atoms with E-state index >= 15 is 0 Å². The minimum atomic E-state index is -0.149. The molecule has 0 radical (unpaired) electrons. The highest BCUT2D eigenvalue weighted by molar-refractivity contribution is 4.91. The minimum absolute atomic E-state index is 0.128. The predicted octanol–water partition coefficient (Wildman–Crippen LogP) is 1.59. The molecule has 7 nitrogen and oxygen atoms in total. The van der Waals surface area contributed by atoms with Crippen molar-refractivity contribution in [2.24, 2.45) is 0 Å². The molecular formula is C17H30N4O3. The Morgan fingerprint density at radius 2 is 2.00 bits per heavy atom. The Bertz CT molecular complexity index is 502. The van der Waals surface area contributed by atoms with Crippen LogP contribution in [0.2, 0.25) is 0 Å². The monoisotopic (exact) mass is 338 g/mol. The van der Waals surface area contributed by atoms with Crippen molar-refractivity contribution in [2.75, 3.05) is 32.8 Å². The van der Waals surface area contributed by atoms with Crippen molar-refractivity contribution in [3.8, 4) is 0 Å². The van der Waals surface area contributed by atoms with Gasteiger partial charge in [-0.05, 0) is 26.7 Å². The lowest BCUT2D eigenvalue weighted by atomic mass is 9.91. The second-order valence-corrected chi connectivity index (χ2v) is 6.88. The number of hydrogen-bond donors (Lipinski definition) is 1. The van der Waals surface area contributed by atoms with Crippen LogP contribution in [0.4, 0.5) is 0 Å². The Kier molecular flexibility index (Phi) is 6.21. The van der Waals surface area contributed by atoms with Crippen LogP contribution in [0.3, 0.4) is 0 Å². The predicted molar refractivity (Wildman–Crippen MR) is 89.5 cm³/mol. The highest BCUT2D eigenvalue weighted by Gasteiger charge is 2.31. The average Bonchev–Trinajstić information content (AvgIpc) is 3.05.